The van der Waals surface area contributed by atoms with Crippen LogP contribution in [-0.2, 0) is 0 Å². The Hall–Kier alpha value is -1.09. The van der Waals surface area contributed by atoms with Crippen LogP contribution in [-0.4, -0.2) is 9.78 Å². The number of para-hydroxylation sites is 1. The van der Waals surface area contributed by atoms with Crippen molar-refractivity contribution in [3.05, 3.63) is 46.7 Å². The summed E-state index contributed by atoms with van der Waals surface area (Å²) in [5, 5.41) is 4.38. The first kappa shape index (κ1) is 10.4. The molecule has 0 aliphatic heterocycles. The molecule has 1 aromatic carbocycles. The molecular formula is C12H13BrN2. The molecule has 2 aromatic rings. The topological polar surface area (TPSA) is 17.8 Å². The van der Waals surface area contributed by atoms with E-state index in [1.165, 1.54) is 5.69 Å². The van der Waals surface area contributed by atoms with Gasteiger partial charge in [0.15, 0.2) is 0 Å². The lowest BCUT2D eigenvalue weighted by Gasteiger charge is -2.10. The molecule has 2 rings (SSSR count). The molecule has 0 amide bonds. The minimum Gasteiger partial charge on any atom is -0.236 e. The van der Waals surface area contributed by atoms with Gasteiger partial charge in [0.2, 0.25) is 0 Å². The van der Waals surface area contributed by atoms with Crippen molar-refractivity contribution in [1.82, 2.24) is 9.78 Å². The highest BCUT2D eigenvalue weighted by Crippen LogP contribution is 2.26. The largest absolute Gasteiger partial charge is 0.236 e. The van der Waals surface area contributed by atoms with E-state index in [-0.39, 0.29) is 0 Å². The standard InChI is InChI=1S/C12H13BrN2/c1-9(2)12-11(13)8-14-15(12)10-6-4-3-5-7-10/h3-9H,1-2H3. The number of hydrogen-bond donors (Lipinski definition) is 0. The molecule has 0 spiro atoms. The van der Waals surface area contributed by atoms with E-state index in [0.717, 1.165) is 10.2 Å². The van der Waals surface area contributed by atoms with E-state index in [1.807, 2.05) is 29.1 Å². The smallest absolute Gasteiger partial charge is 0.0649 e. The highest BCUT2D eigenvalue weighted by atomic mass is 79.9. The zero-order chi connectivity index (χ0) is 10.8. The molecule has 78 valence electrons. The predicted octanol–water partition coefficient (Wildman–Crippen LogP) is 3.76. The second-order valence-corrected chi connectivity index (χ2v) is 4.63. The molecule has 15 heavy (non-hydrogen) atoms. The Morgan fingerprint density at radius 2 is 1.87 bits per heavy atom. The highest BCUT2D eigenvalue weighted by molar-refractivity contribution is 9.10. The molecule has 0 N–H and O–H groups in total. The summed E-state index contributed by atoms with van der Waals surface area (Å²) in [5.74, 6) is 0.446. The van der Waals surface area contributed by atoms with Crippen LogP contribution in [0.2, 0.25) is 0 Å². The molecule has 3 heteroatoms. The summed E-state index contributed by atoms with van der Waals surface area (Å²) >= 11 is 3.53. The van der Waals surface area contributed by atoms with Gasteiger partial charge in [-0.05, 0) is 34.0 Å². The summed E-state index contributed by atoms with van der Waals surface area (Å²) in [4.78, 5) is 0. The van der Waals surface area contributed by atoms with Gasteiger partial charge in [0, 0.05) is 0 Å². The Kier molecular flexibility index (Phi) is 2.91. The van der Waals surface area contributed by atoms with E-state index in [4.69, 9.17) is 0 Å². The summed E-state index contributed by atoms with van der Waals surface area (Å²) in [7, 11) is 0. The molecule has 2 nitrogen and oxygen atoms in total. The van der Waals surface area contributed by atoms with Gasteiger partial charge in [-0.15, -0.1) is 0 Å². The van der Waals surface area contributed by atoms with Crippen molar-refractivity contribution in [3.63, 3.8) is 0 Å². The van der Waals surface area contributed by atoms with Crippen molar-refractivity contribution in [2.75, 3.05) is 0 Å². The quantitative estimate of drug-likeness (QED) is 0.808. The maximum Gasteiger partial charge on any atom is 0.0649 e. The third-order valence-electron chi connectivity index (χ3n) is 2.31. The molecule has 0 aliphatic carbocycles. The van der Waals surface area contributed by atoms with Crippen molar-refractivity contribution in [3.8, 4) is 5.69 Å². The fourth-order valence-corrected chi connectivity index (χ4v) is 2.35. The Morgan fingerprint density at radius 3 is 2.47 bits per heavy atom. The summed E-state index contributed by atoms with van der Waals surface area (Å²) in [6, 6.07) is 10.2. The molecule has 0 unspecified atom stereocenters. The zero-order valence-electron chi connectivity index (χ0n) is 8.81. The first-order chi connectivity index (χ1) is 7.20. The van der Waals surface area contributed by atoms with Gasteiger partial charge < -0.3 is 0 Å². The van der Waals surface area contributed by atoms with E-state index in [1.54, 1.807) is 0 Å². The predicted molar refractivity (Wildman–Crippen MR) is 65.4 cm³/mol. The number of aromatic nitrogens is 2. The third kappa shape index (κ3) is 1.97. The number of rotatable bonds is 2. The molecule has 0 bridgehead atoms. The SMILES string of the molecule is CC(C)c1c(Br)cnn1-c1ccccc1. The second kappa shape index (κ2) is 4.19. The minimum absolute atomic E-state index is 0.446. The van der Waals surface area contributed by atoms with Crippen LogP contribution in [0, 0.1) is 0 Å². The van der Waals surface area contributed by atoms with Crippen molar-refractivity contribution >= 4 is 15.9 Å². The molecule has 0 radical (unpaired) electrons. The summed E-state index contributed by atoms with van der Waals surface area (Å²) < 4.78 is 3.05. The van der Waals surface area contributed by atoms with Crippen LogP contribution in [0.15, 0.2) is 41.0 Å². The van der Waals surface area contributed by atoms with Crippen LogP contribution in [0.1, 0.15) is 25.5 Å². The molecule has 0 saturated carbocycles. The van der Waals surface area contributed by atoms with E-state index in [9.17, 15) is 0 Å². The normalized spacial score (nSPS) is 10.9. The fraction of sp³-hybridized carbons (Fsp3) is 0.250. The van der Waals surface area contributed by atoms with Gasteiger partial charge in [0.05, 0.1) is 22.1 Å². The maximum absolute atomic E-state index is 4.38. The molecule has 0 aliphatic rings. The van der Waals surface area contributed by atoms with E-state index in [2.05, 4.69) is 47.0 Å². The monoisotopic (exact) mass is 264 g/mol. The third-order valence-corrected chi connectivity index (χ3v) is 2.92. The van der Waals surface area contributed by atoms with E-state index < -0.39 is 0 Å². The molecule has 1 aromatic heterocycles. The van der Waals surface area contributed by atoms with Crippen LogP contribution >= 0.6 is 15.9 Å². The number of benzene rings is 1. The van der Waals surface area contributed by atoms with Crippen molar-refractivity contribution in [2.24, 2.45) is 0 Å². The van der Waals surface area contributed by atoms with Crippen LogP contribution in [0.5, 0.6) is 0 Å². The number of nitrogens with zero attached hydrogens (tertiary/aromatic N) is 2. The lowest BCUT2D eigenvalue weighted by molar-refractivity contribution is 0.731. The Morgan fingerprint density at radius 1 is 1.20 bits per heavy atom. The zero-order valence-corrected chi connectivity index (χ0v) is 10.4. The second-order valence-electron chi connectivity index (χ2n) is 3.78. The van der Waals surface area contributed by atoms with Gasteiger partial charge in [-0.25, -0.2) is 4.68 Å². The highest BCUT2D eigenvalue weighted by Gasteiger charge is 2.12. The Labute approximate surface area is 98.1 Å². The summed E-state index contributed by atoms with van der Waals surface area (Å²) in [5.41, 5.74) is 2.31. The van der Waals surface area contributed by atoms with Crippen molar-refractivity contribution in [2.45, 2.75) is 19.8 Å². The van der Waals surface area contributed by atoms with Crippen LogP contribution < -0.4 is 0 Å². The Balaban J connectivity index is 2.54. The Bertz CT molecular complexity index is 446. The molecule has 1 heterocycles. The van der Waals surface area contributed by atoms with Gasteiger partial charge in [0.1, 0.15) is 0 Å². The van der Waals surface area contributed by atoms with Gasteiger partial charge in [-0.2, -0.15) is 5.10 Å². The van der Waals surface area contributed by atoms with Crippen LogP contribution in [0.4, 0.5) is 0 Å². The first-order valence-corrected chi connectivity index (χ1v) is 5.78. The van der Waals surface area contributed by atoms with Gasteiger partial charge in [0.25, 0.3) is 0 Å². The lowest BCUT2D eigenvalue weighted by atomic mass is 10.1. The van der Waals surface area contributed by atoms with Crippen LogP contribution in [0.3, 0.4) is 0 Å². The summed E-state index contributed by atoms with van der Waals surface area (Å²) in [6.07, 6.45) is 1.85. The molecular weight excluding hydrogens is 252 g/mol. The molecule has 0 saturated heterocycles. The lowest BCUT2D eigenvalue weighted by Crippen LogP contribution is -2.03. The first-order valence-electron chi connectivity index (χ1n) is 4.99. The van der Waals surface area contributed by atoms with Gasteiger partial charge in [-0.1, -0.05) is 32.0 Å². The average Bonchev–Trinajstić information content (AvgIpc) is 2.61. The molecule has 0 atom stereocenters. The maximum atomic E-state index is 4.38. The fourth-order valence-electron chi connectivity index (χ4n) is 1.63. The summed E-state index contributed by atoms with van der Waals surface area (Å²) in [6.45, 7) is 4.34. The number of halogens is 1. The van der Waals surface area contributed by atoms with E-state index in [0.29, 0.717) is 5.92 Å². The van der Waals surface area contributed by atoms with Crippen LogP contribution in [0.25, 0.3) is 5.69 Å². The number of hydrogen-bond acceptors (Lipinski definition) is 1. The van der Waals surface area contributed by atoms with Crippen molar-refractivity contribution < 1.29 is 0 Å². The van der Waals surface area contributed by atoms with Crippen molar-refractivity contribution in [1.29, 1.82) is 0 Å². The van der Waals surface area contributed by atoms with E-state index >= 15 is 0 Å². The average molecular weight is 265 g/mol. The minimum atomic E-state index is 0.446. The molecule has 0 fully saturated rings. The van der Waals surface area contributed by atoms with Gasteiger partial charge in [-0.3, -0.25) is 0 Å². The van der Waals surface area contributed by atoms with Gasteiger partial charge >= 0.3 is 0 Å².